The third-order valence-corrected chi connectivity index (χ3v) is 6.16. The van der Waals surface area contributed by atoms with E-state index in [2.05, 4.69) is 39.9 Å². The van der Waals surface area contributed by atoms with Crippen molar-refractivity contribution in [1.82, 2.24) is 9.47 Å². The molecule has 0 saturated carbocycles. The van der Waals surface area contributed by atoms with Gasteiger partial charge in [-0.2, -0.15) is 0 Å². The van der Waals surface area contributed by atoms with Gasteiger partial charge in [0.1, 0.15) is 17.2 Å². The number of nitrogens with zero attached hydrogens (tertiary/aromatic N) is 2. The van der Waals surface area contributed by atoms with Gasteiger partial charge in [-0.3, -0.25) is 4.90 Å². The molecule has 1 unspecified atom stereocenters. The van der Waals surface area contributed by atoms with Crippen LogP contribution in [0.4, 0.5) is 0 Å². The number of benzene rings is 3. The number of para-hydroxylation sites is 1. The Hall–Kier alpha value is -3.21. The van der Waals surface area contributed by atoms with E-state index in [0.29, 0.717) is 11.6 Å². The van der Waals surface area contributed by atoms with Crippen LogP contribution >= 0.6 is 11.6 Å². The molecule has 0 radical (unpaired) electrons. The second kappa shape index (κ2) is 9.11. The molecule has 5 rings (SSSR count). The molecule has 4 aromatic rings. The van der Waals surface area contributed by atoms with Crippen molar-refractivity contribution >= 4 is 11.6 Å². The highest BCUT2D eigenvalue weighted by Crippen LogP contribution is 2.36. The molecule has 1 aromatic heterocycles. The number of aromatic hydroxyl groups is 1. The van der Waals surface area contributed by atoms with E-state index in [1.807, 2.05) is 48.5 Å². The van der Waals surface area contributed by atoms with Crippen molar-refractivity contribution in [3.05, 3.63) is 113 Å². The Labute approximate surface area is 193 Å². The molecule has 2 heterocycles. The Morgan fingerprint density at radius 3 is 2.59 bits per heavy atom. The van der Waals surface area contributed by atoms with Crippen molar-refractivity contribution in [2.75, 3.05) is 6.54 Å². The fourth-order valence-corrected chi connectivity index (χ4v) is 4.66. The van der Waals surface area contributed by atoms with Gasteiger partial charge in [-0.15, -0.1) is 0 Å². The zero-order valence-electron chi connectivity index (χ0n) is 17.7. The highest BCUT2D eigenvalue weighted by Gasteiger charge is 2.28. The fraction of sp³-hybridized carbons (Fsp3) is 0.185. The smallest absolute Gasteiger partial charge is 0.127 e. The van der Waals surface area contributed by atoms with E-state index in [4.69, 9.17) is 16.3 Å². The number of halogens is 1. The molecule has 0 fully saturated rings. The summed E-state index contributed by atoms with van der Waals surface area (Å²) in [5, 5.41) is 11.1. The van der Waals surface area contributed by atoms with Crippen LogP contribution in [0, 0.1) is 0 Å². The van der Waals surface area contributed by atoms with Gasteiger partial charge in [-0.1, -0.05) is 41.9 Å². The molecule has 5 heteroatoms. The molecule has 1 aliphatic heterocycles. The molecular formula is C27H25ClN2O2. The Kier molecular flexibility index (Phi) is 5.89. The van der Waals surface area contributed by atoms with Crippen LogP contribution in [0.15, 0.2) is 91.1 Å². The number of fused-ring (bicyclic) bond motifs is 1. The lowest BCUT2D eigenvalue weighted by atomic mass is 10.0. The van der Waals surface area contributed by atoms with Crippen molar-refractivity contribution in [3.8, 4) is 17.2 Å². The summed E-state index contributed by atoms with van der Waals surface area (Å²) in [5.74, 6) is 1.89. The summed E-state index contributed by atoms with van der Waals surface area (Å²) in [5.41, 5.74) is 3.22. The summed E-state index contributed by atoms with van der Waals surface area (Å²) in [7, 11) is 0. The predicted octanol–water partition coefficient (Wildman–Crippen LogP) is 6.63. The first-order valence-corrected chi connectivity index (χ1v) is 11.2. The standard InChI is InChI=1S/C27H25ClN2O2/c28-22-12-13-26(31)21(17-22)19-30-16-6-15-29-14-5-11-25(29)27(30)20-7-4-10-24(18-20)32-23-8-2-1-3-9-23/h1-5,7-14,17-18,27,31H,6,15-16,19H2. The number of rotatable bonds is 5. The van der Waals surface area contributed by atoms with Crippen LogP contribution in [0.5, 0.6) is 17.2 Å². The third kappa shape index (κ3) is 4.38. The van der Waals surface area contributed by atoms with Gasteiger partial charge >= 0.3 is 0 Å². The average Bonchev–Trinajstić information content (AvgIpc) is 3.18. The fourth-order valence-electron chi connectivity index (χ4n) is 4.46. The van der Waals surface area contributed by atoms with Gasteiger partial charge in [0.05, 0.1) is 6.04 Å². The molecule has 32 heavy (non-hydrogen) atoms. The highest BCUT2D eigenvalue weighted by molar-refractivity contribution is 6.30. The van der Waals surface area contributed by atoms with Gasteiger partial charge in [-0.25, -0.2) is 0 Å². The highest BCUT2D eigenvalue weighted by atomic mass is 35.5. The SMILES string of the molecule is Oc1ccc(Cl)cc1CN1CCCn2cccc2C1c1cccc(Oc2ccccc2)c1. The molecular weight excluding hydrogens is 420 g/mol. The number of hydrogen-bond acceptors (Lipinski definition) is 3. The quantitative estimate of drug-likeness (QED) is 0.375. The van der Waals surface area contributed by atoms with Gasteiger partial charge in [0, 0.05) is 42.1 Å². The minimum Gasteiger partial charge on any atom is -0.508 e. The molecule has 0 saturated heterocycles. The Balaban J connectivity index is 1.52. The lowest BCUT2D eigenvalue weighted by Gasteiger charge is -2.31. The largest absolute Gasteiger partial charge is 0.508 e. The maximum Gasteiger partial charge on any atom is 0.127 e. The Morgan fingerprint density at radius 2 is 1.72 bits per heavy atom. The maximum atomic E-state index is 10.4. The molecule has 0 bridgehead atoms. The number of aromatic nitrogens is 1. The van der Waals surface area contributed by atoms with Crippen LogP contribution in [-0.2, 0) is 13.1 Å². The van der Waals surface area contributed by atoms with Gasteiger partial charge in [0.15, 0.2) is 0 Å². The average molecular weight is 445 g/mol. The van der Waals surface area contributed by atoms with E-state index in [-0.39, 0.29) is 11.8 Å². The summed E-state index contributed by atoms with van der Waals surface area (Å²) in [6.45, 7) is 2.48. The summed E-state index contributed by atoms with van der Waals surface area (Å²) in [4.78, 5) is 2.41. The number of phenols is 1. The second-order valence-corrected chi connectivity index (χ2v) is 8.55. The normalized spacial score (nSPS) is 16.3. The first-order chi connectivity index (χ1) is 15.7. The number of aryl methyl sites for hydroxylation is 1. The molecule has 0 spiro atoms. The molecule has 4 nitrogen and oxygen atoms in total. The zero-order valence-corrected chi connectivity index (χ0v) is 18.4. The van der Waals surface area contributed by atoms with Gasteiger partial charge < -0.3 is 14.4 Å². The van der Waals surface area contributed by atoms with Crippen molar-refractivity contribution in [1.29, 1.82) is 0 Å². The molecule has 1 atom stereocenters. The monoisotopic (exact) mass is 444 g/mol. The van der Waals surface area contributed by atoms with Crippen molar-refractivity contribution in [3.63, 3.8) is 0 Å². The maximum absolute atomic E-state index is 10.4. The van der Waals surface area contributed by atoms with Crippen LogP contribution in [0.2, 0.25) is 5.02 Å². The summed E-state index contributed by atoms with van der Waals surface area (Å²) in [6.07, 6.45) is 3.17. The lowest BCUT2D eigenvalue weighted by molar-refractivity contribution is 0.217. The number of phenolic OH excluding ortho intramolecular Hbond substituents is 1. The van der Waals surface area contributed by atoms with E-state index in [1.54, 1.807) is 12.1 Å². The lowest BCUT2D eigenvalue weighted by Crippen LogP contribution is -2.29. The third-order valence-electron chi connectivity index (χ3n) is 5.92. The van der Waals surface area contributed by atoms with E-state index in [1.165, 1.54) is 5.69 Å². The van der Waals surface area contributed by atoms with E-state index in [0.717, 1.165) is 42.1 Å². The number of hydrogen-bond donors (Lipinski definition) is 1. The Bertz CT molecular complexity index is 1210. The molecule has 162 valence electrons. The Morgan fingerprint density at radius 1 is 0.875 bits per heavy atom. The molecule has 1 N–H and O–H groups in total. The van der Waals surface area contributed by atoms with Gasteiger partial charge in [-0.05, 0) is 66.6 Å². The van der Waals surface area contributed by atoms with Gasteiger partial charge in [0.2, 0.25) is 0 Å². The van der Waals surface area contributed by atoms with E-state index in [9.17, 15) is 5.11 Å². The van der Waals surface area contributed by atoms with E-state index >= 15 is 0 Å². The molecule has 0 amide bonds. The summed E-state index contributed by atoms with van der Waals surface area (Å²) in [6, 6.07) is 27.7. The van der Waals surface area contributed by atoms with Crippen LogP contribution < -0.4 is 4.74 Å². The molecule has 3 aromatic carbocycles. The van der Waals surface area contributed by atoms with Crippen LogP contribution in [-0.4, -0.2) is 21.1 Å². The van der Waals surface area contributed by atoms with Crippen molar-refractivity contribution < 1.29 is 9.84 Å². The molecule has 0 aliphatic carbocycles. The van der Waals surface area contributed by atoms with E-state index < -0.39 is 0 Å². The topological polar surface area (TPSA) is 37.6 Å². The summed E-state index contributed by atoms with van der Waals surface area (Å²) < 4.78 is 8.44. The van der Waals surface area contributed by atoms with Crippen molar-refractivity contribution in [2.24, 2.45) is 0 Å². The van der Waals surface area contributed by atoms with Crippen LogP contribution in [0.25, 0.3) is 0 Å². The predicted molar refractivity (Wildman–Crippen MR) is 127 cm³/mol. The first-order valence-electron chi connectivity index (χ1n) is 10.9. The van der Waals surface area contributed by atoms with Gasteiger partial charge in [0.25, 0.3) is 0 Å². The second-order valence-electron chi connectivity index (χ2n) is 8.11. The van der Waals surface area contributed by atoms with Crippen molar-refractivity contribution in [2.45, 2.75) is 25.6 Å². The minimum atomic E-state index is 0.0326. The van der Waals surface area contributed by atoms with Crippen LogP contribution in [0.1, 0.15) is 29.3 Å². The zero-order chi connectivity index (χ0) is 21.9. The minimum absolute atomic E-state index is 0.0326. The molecule has 1 aliphatic rings. The van der Waals surface area contributed by atoms with Crippen LogP contribution in [0.3, 0.4) is 0 Å². The first kappa shape index (κ1) is 20.7. The number of ether oxygens (including phenoxy) is 1. The summed E-state index contributed by atoms with van der Waals surface area (Å²) >= 11 is 6.23.